The maximum absolute atomic E-state index is 13.1. The third-order valence-electron chi connectivity index (χ3n) is 6.37. The minimum atomic E-state index is -4.42. The molecule has 0 aromatic heterocycles. The van der Waals surface area contributed by atoms with E-state index in [0.717, 1.165) is 31.7 Å². The van der Waals surface area contributed by atoms with Gasteiger partial charge in [-0.3, -0.25) is 9.69 Å². The number of halogens is 3. The summed E-state index contributed by atoms with van der Waals surface area (Å²) in [5.74, 6) is 0.0636. The van der Waals surface area contributed by atoms with Gasteiger partial charge in [0.15, 0.2) is 0 Å². The van der Waals surface area contributed by atoms with E-state index in [4.69, 9.17) is 0 Å². The number of nitrogens with one attached hydrogen (secondary N) is 1. The first-order valence-corrected chi connectivity index (χ1v) is 10.4. The van der Waals surface area contributed by atoms with Crippen molar-refractivity contribution in [2.24, 2.45) is 5.92 Å². The number of alkyl halides is 3. The lowest BCUT2D eigenvalue weighted by Gasteiger charge is -2.45. The van der Waals surface area contributed by atoms with E-state index >= 15 is 0 Å². The smallest absolute Gasteiger partial charge is 0.352 e. The van der Waals surface area contributed by atoms with Crippen LogP contribution in [0.15, 0.2) is 54.6 Å². The van der Waals surface area contributed by atoms with E-state index in [-0.39, 0.29) is 29.5 Å². The van der Waals surface area contributed by atoms with Crippen LogP contribution in [0, 0.1) is 5.92 Å². The van der Waals surface area contributed by atoms with Crippen molar-refractivity contribution < 1.29 is 18.0 Å². The zero-order chi connectivity index (χ0) is 21.8. The number of carbonyl (C=O) groups is 1. The van der Waals surface area contributed by atoms with E-state index in [2.05, 4.69) is 48.6 Å². The fraction of sp³-hybridized carbons (Fsp3) is 0.458. The molecule has 1 fully saturated rings. The third-order valence-corrected chi connectivity index (χ3v) is 6.37. The average Bonchev–Trinajstić information content (AvgIpc) is 2.73. The van der Waals surface area contributed by atoms with Crippen molar-refractivity contribution in [3.63, 3.8) is 0 Å². The van der Waals surface area contributed by atoms with Crippen LogP contribution in [0.4, 0.5) is 13.2 Å². The van der Waals surface area contributed by atoms with E-state index < -0.39 is 11.7 Å². The molecule has 1 amide bonds. The highest BCUT2D eigenvalue weighted by molar-refractivity contribution is 5.76. The van der Waals surface area contributed by atoms with Crippen LogP contribution in [0.1, 0.15) is 48.8 Å². The van der Waals surface area contributed by atoms with Crippen molar-refractivity contribution in [2.75, 3.05) is 14.1 Å². The SMILES string of the molecule is CN(C)C1(c2ccccc2)CCC(CC(=O)NCc2ccccc2C(F)(F)F)CC1. The number of amides is 1. The van der Waals surface area contributed by atoms with Gasteiger partial charge in [-0.15, -0.1) is 0 Å². The Bertz CT molecular complexity index is 841. The van der Waals surface area contributed by atoms with Gasteiger partial charge in [0.25, 0.3) is 0 Å². The second-order valence-electron chi connectivity index (χ2n) is 8.37. The van der Waals surface area contributed by atoms with Crippen LogP contribution in [-0.4, -0.2) is 24.9 Å². The Morgan fingerprint density at radius 1 is 1.03 bits per heavy atom. The average molecular weight is 419 g/mol. The van der Waals surface area contributed by atoms with Crippen LogP contribution < -0.4 is 5.32 Å². The molecular formula is C24H29F3N2O. The largest absolute Gasteiger partial charge is 0.416 e. The molecule has 3 rings (SSSR count). The van der Waals surface area contributed by atoms with Crippen molar-refractivity contribution in [3.8, 4) is 0 Å². The molecule has 2 aromatic carbocycles. The molecular weight excluding hydrogens is 389 g/mol. The zero-order valence-electron chi connectivity index (χ0n) is 17.5. The molecule has 3 nitrogen and oxygen atoms in total. The molecule has 0 atom stereocenters. The molecule has 0 heterocycles. The van der Waals surface area contributed by atoms with Gasteiger partial charge in [-0.05, 0) is 62.9 Å². The summed E-state index contributed by atoms with van der Waals surface area (Å²) in [4.78, 5) is 14.7. The van der Waals surface area contributed by atoms with E-state index in [9.17, 15) is 18.0 Å². The fourth-order valence-electron chi connectivity index (χ4n) is 4.58. The van der Waals surface area contributed by atoms with E-state index in [1.807, 2.05) is 6.07 Å². The third kappa shape index (κ3) is 5.04. The van der Waals surface area contributed by atoms with E-state index in [1.165, 1.54) is 17.7 Å². The van der Waals surface area contributed by atoms with Crippen molar-refractivity contribution >= 4 is 5.91 Å². The van der Waals surface area contributed by atoms with Gasteiger partial charge in [-0.1, -0.05) is 48.5 Å². The fourth-order valence-corrected chi connectivity index (χ4v) is 4.58. The Kier molecular flexibility index (Phi) is 6.86. The monoisotopic (exact) mass is 418 g/mol. The molecule has 6 heteroatoms. The number of nitrogens with zero attached hydrogens (tertiary/aromatic N) is 1. The lowest BCUT2D eigenvalue weighted by molar-refractivity contribution is -0.138. The molecule has 0 saturated heterocycles. The van der Waals surface area contributed by atoms with Gasteiger partial charge in [-0.25, -0.2) is 0 Å². The number of hydrogen-bond acceptors (Lipinski definition) is 2. The van der Waals surface area contributed by atoms with Gasteiger partial charge in [0.2, 0.25) is 5.91 Å². The molecule has 0 radical (unpaired) electrons. The van der Waals surface area contributed by atoms with E-state index in [0.29, 0.717) is 6.42 Å². The van der Waals surface area contributed by atoms with Gasteiger partial charge >= 0.3 is 6.18 Å². The predicted octanol–water partition coefficient (Wildman–Crippen LogP) is 5.36. The topological polar surface area (TPSA) is 32.3 Å². The molecule has 0 aliphatic heterocycles. The number of rotatable bonds is 6. The number of hydrogen-bond donors (Lipinski definition) is 1. The van der Waals surface area contributed by atoms with Crippen molar-refractivity contribution in [2.45, 2.75) is 50.4 Å². The summed E-state index contributed by atoms with van der Waals surface area (Å²) in [5, 5.41) is 2.68. The highest BCUT2D eigenvalue weighted by atomic mass is 19.4. The Hall–Kier alpha value is -2.34. The standard InChI is InChI=1S/C24H29F3N2O/c1-29(2)23(20-9-4-3-5-10-20)14-12-18(13-15-23)16-22(30)28-17-19-8-6-7-11-21(19)24(25,26)27/h3-11,18H,12-17H2,1-2H3,(H,28,30). The molecule has 1 aliphatic carbocycles. The first-order valence-electron chi connectivity index (χ1n) is 10.4. The normalized spacial score (nSPS) is 22.1. The molecule has 0 bridgehead atoms. The maximum atomic E-state index is 13.1. The molecule has 0 spiro atoms. The number of carbonyl (C=O) groups excluding carboxylic acids is 1. The van der Waals surface area contributed by atoms with Crippen LogP contribution >= 0.6 is 0 Å². The van der Waals surface area contributed by atoms with Gasteiger partial charge < -0.3 is 5.32 Å². The van der Waals surface area contributed by atoms with Crippen molar-refractivity contribution in [3.05, 3.63) is 71.3 Å². The summed E-state index contributed by atoms with van der Waals surface area (Å²) < 4.78 is 39.3. The summed E-state index contributed by atoms with van der Waals surface area (Å²) >= 11 is 0. The van der Waals surface area contributed by atoms with Gasteiger partial charge in [0.05, 0.1) is 5.56 Å². The zero-order valence-corrected chi connectivity index (χ0v) is 17.5. The molecule has 2 aromatic rings. The Morgan fingerprint density at radius 3 is 2.23 bits per heavy atom. The van der Waals surface area contributed by atoms with Crippen molar-refractivity contribution in [1.82, 2.24) is 10.2 Å². The van der Waals surface area contributed by atoms with Crippen LogP contribution in [0.5, 0.6) is 0 Å². The highest BCUT2D eigenvalue weighted by Crippen LogP contribution is 2.43. The van der Waals surface area contributed by atoms with Gasteiger partial charge in [0, 0.05) is 18.5 Å². The second kappa shape index (κ2) is 9.21. The number of benzene rings is 2. The molecule has 1 saturated carbocycles. The van der Waals surface area contributed by atoms with E-state index in [1.54, 1.807) is 6.07 Å². The molecule has 0 unspecified atom stereocenters. The molecule has 30 heavy (non-hydrogen) atoms. The lowest BCUT2D eigenvalue weighted by Crippen LogP contribution is -2.44. The van der Waals surface area contributed by atoms with Crippen LogP contribution in [-0.2, 0) is 23.1 Å². The summed E-state index contributed by atoms with van der Waals surface area (Å²) in [7, 11) is 4.19. The minimum Gasteiger partial charge on any atom is -0.352 e. The second-order valence-corrected chi connectivity index (χ2v) is 8.37. The molecule has 1 aliphatic rings. The Morgan fingerprint density at radius 2 is 1.63 bits per heavy atom. The highest BCUT2D eigenvalue weighted by Gasteiger charge is 2.39. The van der Waals surface area contributed by atoms with Crippen LogP contribution in [0.2, 0.25) is 0 Å². The first-order chi connectivity index (χ1) is 14.2. The predicted molar refractivity (Wildman–Crippen MR) is 112 cm³/mol. The maximum Gasteiger partial charge on any atom is 0.416 e. The minimum absolute atomic E-state index is 0.0279. The Balaban J connectivity index is 1.56. The summed E-state index contributed by atoms with van der Waals surface area (Å²) in [6, 6.07) is 15.8. The summed E-state index contributed by atoms with van der Waals surface area (Å²) in [6.45, 7) is -0.104. The summed E-state index contributed by atoms with van der Waals surface area (Å²) in [5.41, 5.74) is 0.667. The summed E-state index contributed by atoms with van der Waals surface area (Å²) in [6.07, 6.45) is -0.318. The quantitative estimate of drug-likeness (QED) is 0.685. The first kappa shape index (κ1) is 22.3. The van der Waals surface area contributed by atoms with Crippen LogP contribution in [0.25, 0.3) is 0 Å². The lowest BCUT2D eigenvalue weighted by atomic mass is 9.71. The Labute approximate surface area is 176 Å². The van der Waals surface area contributed by atoms with Gasteiger partial charge in [-0.2, -0.15) is 13.2 Å². The van der Waals surface area contributed by atoms with Crippen molar-refractivity contribution in [1.29, 1.82) is 0 Å². The molecule has 1 N–H and O–H groups in total. The van der Waals surface area contributed by atoms with Gasteiger partial charge in [0.1, 0.15) is 0 Å². The van der Waals surface area contributed by atoms with Crippen LogP contribution in [0.3, 0.4) is 0 Å². The molecule has 162 valence electrons.